The zero-order valence-corrected chi connectivity index (χ0v) is 22.0. The van der Waals surface area contributed by atoms with Gasteiger partial charge in [-0.1, -0.05) is 18.2 Å². The second kappa shape index (κ2) is 11.3. The number of hydrogen-bond donors (Lipinski definition) is 3. The number of halogens is 1. The van der Waals surface area contributed by atoms with E-state index >= 15 is 0 Å². The molecule has 200 valence electrons. The van der Waals surface area contributed by atoms with Gasteiger partial charge in [-0.25, -0.2) is 9.55 Å². The second-order valence-electron chi connectivity index (χ2n) is 8.67. The van der Waals surface area contributed by atoms with Crippen LogP contribution in [-0.4, -0.2) is 61.6 Å². The van der Waals surface area contributed by atoms with Crippen molar-refractivity contribution in [2.24, 2.45) is 0 Å². The van der Waals surface area contributed by atoms with Gasteiger partial charge in [0.2, 0.25) is 5.28 Å². The van der Waals surface area contributed by atoms with E-state index < -0.39 is 38.2 Å². The van der Waals surface area contributed by atoms with Crippen molar-refractivity contribution < 1.29 is 33.0 Å². The molecule has 5 unspecified atom stereocenters. The van der Waals surface area contributed by atoms with Crippen molar-refractivity contribution >= 4 is 42.3 Å². The van der Waals surface area contributed by atoms with Crippen molar-refractivity contribution in [3.63, 3.8) is 0 Å². The van der Waals surface area contributed by atoms with E-state index in [-0.39, 0.29) is 36.0 Å². The third kappa shape index (κ3) is 6.56. The van der Waals surface area contributed by atoms with E-state index in [0.29, 0.717) is 11.2 Å². The summed E-state index contributed by atoms with van der Waals surface area (Å²) in [5, 5.41) is 13.2. The first-order valence-corrected chi connectivity index (χ1v) is 13.4. The Hall–Kier alpha value is -2.80. The molecule has 0 saturated carbocycles. The van der Waals surface area contributed by atoms with Crippen molar-refractivity contribution in [2.75, 3.05) is 12.3 Å². The lowest BCUT2D eigenvalue weighted by molar-refractivity contribution is -0.149. The summed E-state index contributed by atoms with van der Waals surface area (Å²) in [6.07, 6.45) is -1.29. The van der Waals surface area contributed by atoms with Gasteiger partial charge in [-0.15, -0.1) is 0 Å². The molecular formula is C22H28ClN6O7P. The molecule has 0 spiro atoms. The molecule has 4 rings (SSSR count). The zero-order chi connectivity index (χ0) is 26.7. The lowest BCUT2D eigenvalue weighted by atomic mass is 10.2. The van der Waals surface area contributed by atoms with Crippen LogP contribution in [0, 0.1) is 0 Å². The minimum absolute atomic E-state index is 0.0552. The first-order valence-electron chi connectivity index (χ1n) is 11.5. The third-order valence-electron chi connectivity index (χ3n) is 5.37. The van der Waals surface area contributed by atoms with Crippen LogP contribution in [0.4, 0.5) is 5.82 Å². The average Bonchev–Trinajstić information content (AvgIpc) is 3.41. The number of benzene rings is 1. The highest BCUT2D eigenvalue weighted by Crippen LogP contribution is 2.46. The Balaban J connectivity index is 1.48. The van der Waals surface area contributed by atoms with E-state index in [0.717, 1.165) is 0 Å². The van der Waals surface area contributed by atoms with Crippen molar-refractivity contribution in [3.8, 4) is 5.75 Å². The van der Waals surface area contributed by atoms with Gasteiger partial charge in [0.05, 0.1) is 25.1 Å². The largest absolute Gasteiger partial charge is 0.462 e. The average molecular weight is 555 g/mol. The van der Waals surface area contributed by atoms with E-state index in [2.05, 4.69) is 20.0 Å². The molecule has 1 aliphatic heterocycles. The normalized spacial score (nSPS) is 22.2. The van der Waals surface area contributed by atoms with Gasteiger partial charge < -0.3 is 24.8 Å². The van der Waals surface area contributed by atoms with Crippen LogP contribution >= 0.6 is 19.3 Å². The molecule has 3 aromatic rings. The van der Waals surface area contributed by atoms with Crippen molar-refractivity contribution in [2.45, 2.75) is 57.8 Å². The fraction of sp³-hybridized carbons (Fsp3) is 0.455. The van der Waals surface area contributed by atoms with Crippen LogP contribution in [0.3, 0.4) is 0 Å². The molecule has 0 bridgehead atoms. The Labute approximate surface area is 217 Å². The lowest BCUT2D eigenvalue weighted by Gasteiger charge is -2.25. The molecule has 1 aliphatic rings. The van der Waals surface area contributed by atoms with Gasteiger partial charge in [-0.05, 0) is 44.5 Å². The number of imidazole rings is 1. The van der Waals surface area contributed by atoms with Gasteiger partial charge in [-0.2, -0.15) is 15.1 Å². The number of aromatic nitrogens is 4. The number of carbonyl (C=O) groups is 1. The third-order valence-corrected chi connectivity index (χ3v) is 7.18. The van der Waals surface area contributed by atoms with Gasteiger partial charge in [0.1, 0.15) is 29.6 Å². The van der Waals surface area contributed by atoms with E-state index in [1.165, 1.54) is 13.3 Å². The fourth-order valence-corrected chi connectivity index (χ4v) is 5.34. The molecule has 1 fully saturated rings. The molecule has 0 radical (unpaired) electrons. The minimum atomic E-state index is -4.12. The Bertz CT molecular complexity index is 1290. The summed E-state index contributed by atoms with van der Waals surface area (Å²) in [4.78, 5) is 24.5. The van der Waals surface area contributed by atoms with Gasteiger partial charge in [0.25, 0.3) is 0 Å². The number of carbonyl (C=O) groups excluding carboxylic acids is 1. The molecule has 5 atom stereocenters. The maximum absolute atomic E-state index is 13.6. The summed E-state index contributed by atoms with van der Waals surface area (Å²) >= 11 is 5.94. The lowest BCUT2D eigenvalue weighted by Crippen LogP contribution is -2.37. The van der Waals surface area contributed by atoms with Crippen molar-refractivity contribution in [1.82, 2.24) is 24.6 Å². The van der Waals surface area contributed by atoms with E-state index in [1.54, 1.807) is 48.7 Å². The van der Waals surface area contributed by atoms with E-state index in [9.17, 15) is 14.5 Å². The number of nitrogens with zero attached hydrogens (tertiary/aromatic N) is 4. The number of aliphatic hydroxyl groups is 1. The minimum Gasteiger partial charge on any atom is -0.462 e. The van der Waals surface area contributed by atoms with Gasteiger partial charge in [-0.3, -0.25) is 13.9 Å². The highest BCUT2D eigenvalue weighted by Gasteiger charge is 2.40. The number of nitrogens with two attached hydrogens (primary N) is 1. The maximum atomic E-state index is 13.6. The number of hydrogen-bond acceptors (Lipinski definition) is 11. The van der Waals surface area contributed by atoms with Crippen LogP contribution < -0.4 is 15.3 Å². The predicted molar refractivity (Wildman–Crippen MR) is 134 cm³/mol. The molecule has 0 amide bonds. The van der Waals surface area contributed by atoms with Gasteiger partial charge >= 0.3 is 13.7 Å². The monoisotopic (exact) mass is 554 g/mol. The van der Waals surface area contributed by atoms with Crippen LogP contribution in [0.15, 0.2) is 36.7 Å². The highest BCUT2D eigenvalue weighted by atomic mass is 35.5. The first-order chi connectivity index (χ1) is 17.5. The number of rotatable bonds is 10. The highest BCUT2D eigenvalue weighted by molar-refractivity contribution is 7.52. The fourth-order valence-electron chi connectivity index (χ4n) is 3.66. The van der Waals surface area contributed by atoms with Crippen LogP contribution in [0.1, 0.15) is 33.4 Å². The summed E-state index contributed by atoms with van der Waals surface area (Å²) in [5.41, 5.74) is 6.55. The number of aliphatic hydroxyl groups excluding tert-OH is 1. The standard InChI is InChI=1S/C22H28ClN6O7P/c1-12(2)34-21(31)13(3)28-37(32,36-14-7-5-4-6-8-14)33-10-16-15(30)9-17(35-16)29-11-25-18-19(24)26-22(23)27-20(18)29/h4-8,11-13,15-17,30H,9-10H2,1-3H3,(H,28,32)(H2,24,26,27). The number of nitrogen functional groups attached to an aromatic ring is 1. The number of esters is 1. The number of ether oxygens (including phenoxy) is 2. The number of anilines is 1. The number of nitrogens with one attached hydrogen (secondary N) is 1. The van der Waals surface area contributed by atoms with Crippen LogP contribution in [0.2, 0.25) is 5.28 Å². The van der Waals surface area contributed by atoms with E-state index in [4.69, 9.17) is 35.9 Å². The maximum Gasteiger partial charge on any atom is 0.459 e. The number of para-hydroxylation sites is 1. The number of fused-ring (bicyclic) bond motifs is 1. The molecular weight excluding hydrogens is 527 g/mol. The van der Waals surface area contributed by atoms with Crippen molar-refractivity contribution in [3.05, 3.63) is 41.9 Å². The Morgan fingerprint density at radius 2 is 2.05 bits per heavy atom. The van der Waals surface area contributed by atoms with Gasteiger partial charge in [0.15, 0.2) is 11.5 Å². The Morgan fingerprint density at radius 3 is 2.76 bits per heavy atom. The summed E-state index contributed by atoms with van der Waals surface area (Å²) in [6.45, 7) is 4.57. The first kappa shape index (κ1) is 27.2. The summed E-state index contributed by atoms with van der Waals surface area (Å²) < 4.78 is 37.6. The molecule has 37 heavy (non-hydrogen) atoms. The molecule has 15 heteroatoms. The molecule has 3 heterocycles. The van der Waals surface area contributed by atoms with Crippen LogP contribution in [0.25, 0.3) is 11.2 Å². The smallest absolute Gasteiger partial charge is 0.459 e. The summed E-state index contributed by atoms with van der Waals surface area (Å²) in [7, 11) is -4.12. The topological polar surface area (TPSA) is 173 Å². The Morgan fingerprint density at radius 1 is 1.32 bits per heavy atom. The SMILES string of the molecule is CC(C)OC(=O)C(C)NP(=O)(OCC1OC(n2cnc3c(N)nc(Cl)nc32)CC1O)Oc1ccccc1. The molecule has 1 aromatic carbocycles. The quantitative estimate of drug-likeness (QED) is 0.190. The van der Waals surface area contributed by atoms with E-state index in [1.807, 2.05) is 0 Å². The molecule has 4 N–H and O–H groups in total. The molecule has 13 nitrogen and oxygen atoms in total. The molecule has 2 aromatic heterocycles. The van der Waals surface area contributed by atoms with Gasteiger partial charge in [0, 0.05) is 6.42 Å². The Kier molecular flexibility index (Phi) is 8.32. The van der Waals surface area contributed by atoms with Crippen LogP contribution in [0.5, 0.6) is 5.75 Å². The van der Waals surface area contributed by atoms with Crippen molar-refractivity contribution in [1.29, 1.82) is 0 Å². The second-order valence-corrected chi connectivity index (χ2v) is 10.7. The van der Waals surface area contributed by atoms with Crippen LogP contribution in [-0.2, 0) is 23.4 Å². The summed E-state index contributed by atoms with van der Waals surface area (Å²) in [5.74, 6) is -0.255. The summed E-state index contributed by atoms with van der Waals surface area (Å²) in [6, 6.07) is 7.34. The molecule has 1 saturated heterocycles. The predicted octanol–water partition coefficient (Wildman–Crippen LogP) is 2.84. The zero-order valence-electron chi connectivity index (χ0n) is 20.4. The molecule has 0 aliphatic carbocycles.